The van der Waals surface area contributed by atoms with Gasteiger partial charge in [-0.05, 0) is 48.2 Å². The average molecular weight is 314 g/mol. The van der Waals surface area contributed by atoms with Crippen LogP contribution in [0.2, 0.25) is 0 Å². The number of hydrogen-bond acceptors (Lipinski definition) is 5. The van der Waals surface area contributed by atoms with Gasteiger partial charge in [-0.15, -0.1) is 0 Å². The molecule has 2 rings (SSSR count). The van der Waals surface area contributed by atoms with Gasteiger partial charge in [0.05, 0.1) is 12.8 Å². The molecular formula is C18H18O5. The van der Waals surface area contributed by atoms with E-state index in [1.165, 1.54) is 0 Å². The van der Waals surface area contributed by atoms with Crippen LogP contribution in [-0.4, -0.2) is 22.2 Å². The number of rotatable bonds is 6. The lowest BCUT2D eigenvalue weighted by molar-refractivity contribution is -0.159. The van der Waals surface area contributed by atoms with Gasteiger partial charge in [0.25, 0.3) is 0 Å². The molecule has 23 heavy (non-hydrogen) atoms. The third kappa shape index (κ3) is 5.82. The van der Waals surface area contributed by atoms with E-state index in [0.29, 0.717) is 12.8 Å². The summed E-state index contributed by atoms with van der Waals surface area (Å²) in [5, 5.41) is 18.7. The molecule has 120 valence electrons. The van der Waals surface area contributed by atoms with Crippen molar-refractivity contribution in [3.8, 4) is 11.5 Å². The molecule has 5 heteroatoms. The fourth-order valence-electron chi connectivity index (χ4n) is 2.15. The standard InChI is InChI=1S/C18H18O5/c19-15-5-1-3-13(11-15)7-9-17(21)23-18(22)10-8-14-4-2-6-16(20)12-14/h1-6,11-12,19-20H,7-10H2. The second-order valence-corrected chi connectivity index (χ2v) is 5.19. The fourth-order valence-corrected chi connectivity index (χ4v) is 2.15. The maximum absolute atomic E-state index is 11.6. The molecule has 0 heterocycles. The van der Waals surface area contributed by atoms with E-state index in [4.69, 9.17) is 4.74 Å². The van der Waals surface area contributed by atoms with Gasteiger partial charge in [-0.25, -0.2) is 0 Å². The van der Waals surface area contributed by atoms with Crippen molar-refractivity contribution in [2.75, 3.05) is 0 Å². The first-order chi connectivity index (χ1) is 11.0. The van der Waals surface area contributed by atoms with E-state index in [1.807, 2.05) is 0 Å². The minimum atomic E-state index is -0.589. The first-order valence-corrected chi connectivity index (χ1v) is 7.32. The summed E-state index contributed by atoms with van der Waals surface area (Å²) in [7, 11) is 0. The summed E-state index contributed by atoms with van der Waals surface area (Å²) < 4.78 is 4.75. The largest absolute Gasteiger partial charge is 0.508 e. The molecule has 0 amide bonds. The molecule has 0 radical (unpaired) electrons. The Bertz CT molecular complexity index is 634. The third-order valence-electron chi connectivity index (χ3n) is 3.28. The van der Waals surface area contributed by atoms with Crippen molar-refractivity contribution >= 4 is 11.9 Å². The second-order valence-electron chi connectivity index (χ2n) is 5.19. The highest BCUT2D eigenvalue weighted by Crippen LogP contribution is 2.14. The van der Waals surface area contributed by atoms with Crippen LogP contribution in [0.4, 0.5) is 0 Å². The average Bonchev–Trinajstić information content (AvgIpc) is 2.51. The van der Waals surface area contributed by atoms with Gasteiger partial charge in [0.15, 0.2) is 0 Å². The van der Waals surface area contributed by atoms with Crippen molar-refractivity contribution in [3.05, 3.63) is 59.7 Å². The number of aryl methyl sites for hydroxylation is 2. The minimum absolute atomic E-state index is 0.0708. The number of phenolic OH excluding ortho intramolecular Hbond substituents is 2. The molecule has 0 unspecified atom stereocenters. The fraction of sp³-hybridized carbons (Fsp3) is 0.222. The molecule has 0 bridgehead atoms. The lowest BCUT2D eigenvalue weighted by Crippen LogP contribution is -2.13. The Labute approximate surface area is 134 Å². The molecular weight excluding hydrogens is 296 g/mol. The first-order valence-electron chi connectivity index (χ1n) is 7.32. The quantitative estimate of drug-likeness (QED) is 0.632. The summed E-state index contributed by atoms with van der Waals surface area (Å²) in [6, 6.07) is 13.2. The van der Waals surface area contributed by atoms with Crippen molar-refractivity contribution in [1.82, 2.24) is 0 Å². The number of hydrogen-bond donors (Lipinski definition) is 2. The Morgan fingerprint density at radius 2 is 1.22 bits per heavy atom. The third-order valence-corrected chi connectivity index (χ3v) is 3.28. The van der Waals surface area contributed by atoms with Crippen molar-refractivity contribution in [1.29, 1.82) is 0 Å². The maximum atomic E-state index is 11.6. The van der Waals surface area contributed by atoms with Crippen LogP contribution >= 0.6 is 0 Å². The summed E-state index contributed by atoms with van der Waals surface area (Å²) in [6.07, 6.45) is 0.933. The van der Waals surface area contributed by atoms with Crippen molar-refractivity contribution in [2.24, 2.45) is 0 Å². The number of aromatic hydroxyl groups is 2. The van der Waals surface area contributed by atoms with Crippen LogP contribution in [0.5, 0.6) is 11.5 Å². The summed E-state index contributed by atoms with van der Waals surface area (Å²) in [5.74, 6) is -0.903. The lowest BCUT2D eigenvalue weighted by Gasteiger charge is -2.04. The number of benzene rings is 2. The Balaban J connectivity index is 1.73. The van der Waals surface area contributed by atoms with Gasteiger partial charge in [-0.2, -0.15) is 0 Å². The molecule has 2 aromatic carbocycles. The smallest absolute Gasteiger partial charge is 0.313 e. The van der Waals surface area contributed by atoms with Gasteiger partial charge in [0.2, 0.25) is 0 Å². The Morgan fingerprint density at radius 3 is 1.61 bits per heavy atom. The SMILES string of the molecule is O=C(CCc1cccc(O)c1)OC(=O)CCc1cccc(O)c1. The number of ether oxygens (including phenoxy) is 1. The Hall–Kier alpha value is -2.82. The summed E-state index contributed by atoms with van der Waals surface area (Å²) in [4.78, 5) is 23.3. The van der Waals surface area contributed by atoms with Crippen molar-refractivity contribution < 1.29 is 24.5 Å². The van der Waals surface area contributed by atoms with Gasteiger partial charge in [-0.1, -0.05) is 24.3 Å². The molecule has 0 atom stereocenters. The number of carbonyl (C=O) groups excluding carboxylic acids is 2. The van der Waals surface area contributed by atoms with E-state index in [1.54, 1.807) is 48.5 Å². The lowest BCUT2D eigenvalue weighted by atomic mass is 10.1. The zero-order chi connectivity index (χ0) is 16.7. The molecule has 0 aromatic heterocycles. The van der Waals surface area contributed by atoms with E-state index in [0.717, 1.165) is 11.1 Å². The monoisotopic (exact) mass is 314 g/mol. The minimum Gasteiger partial charge on any atom is -0.508 e. The highest BCUT2D eigenvalue weighted by molar-refractivity contribution is 5.85. The summed E-state index contributed by atoms with van der Waals surface area (Å²) in [5.41, 5.74) is 1.60. The number of esters is 2. The highest BCUT2D eigenvalue weighted by atomic mass is 16.6. The van der Waals surface area contributed by atoms with Gasteiger partial charge in [0.1, 0.15) is 11.5 Å². The molecule has 0 saturated carbocycles. The van der Waals surface area contributed by atoms with Crippen molar-refractivity contribution in [2.45, 2.75) is 25.7 Å². The van der Waals surface area contributed by atoms with Crippen LogP contribution in [0.1, 0.15) is 24.0 Å². The molecule has 5 nitrogen and oxygen atoms in total. The van der Waals surface area contributed by atoms with Gasteiger partial charge in [-0.3, -0.25) is 9.59 Å². The topological polar surface area (TPSA) is 83.8 Å². The molecule has 2 aromatic rings. The van der Waals surface area contributed by atoms with Gasteiger partial charge < -0.3 is 14.9 Å². The molecule has 0 aliphatic carbocycles. The van der Waals surface area contributed by atoms with E-state index >= 15 is 0 Å². The van der Waals surface area contributed by atoms with E-state index < -0.39 is 11.9 Å². The van der Waals surface area contributed by atoms with Crippen molar-refractivity contribution in [3.63, 3.8) is 0 Å². The van der Waals surface area contributed by atoms with Crippen LogP contribution in [0.15, 0.2) is 48.5 Å². The molecule has 2 N–H and O–H groups in total. The molecule has 0 aliphatic heterocycles. The molecule has 0 spiro atoms. The highest BCUT2D eigenvalue weighted by Gasteiger charge is 2.11. The maximum Gasteiger partial charge on any atom is 0.313 e. The predicted molar refractivity (Wildman–Crippen MR) is 84.0 cm³/mol. The van der Waals surface area contributed by atoms with Crippen LogP contribution in [0.3, 0.4) is 0 Å². The molecule has 0 fully saturated rings. The first kappa shape index (κ1) is 16.5. The van der Waals surface area contributed by atoms with Crippen LogP contribution in [-0.2, 0) is 27.2 Å². The van der Waals surface area contributed by atoms with E-state index in [2.05, 4.69) is 0 Å². The zero-order valence-electron chi connectivity index (χ0n) is 12.6. The molecule has 0 saturated heterocycles. The van der Waals surface area contributed by atoms with E-state index in [9.17, 15) is 19.8 Å². The van der Waals surface area contributed by atoms with E-state index in [-0.39, 0.29) is 24.3 Å². The number of carbonyl (C=O) groups is 2. The molecule has 0 aliphatic rings. The zero-order valence-corrected chi connectivity index (χ0v) is 12.6. The Morgan fingerprint density at radius 1 is 0.783 bits per heavy atom. The summed E-state index contributed by atoms with van der Waals surface area (Å²) in [6.45, 7) is 0. The van der Waals surface area contributed by atoms with Crippen LogP contribution in [0.25, 0.3) is 0 Å². The number of phenols is 2. The van der Waals surface area contributed by atoms with Crippen LogP contribution < -0.4 is 0 Å². The van der Waals surface area contributed by atoms with Gasteiger partial charge in [0, 0.05) is 0 Å². The predicted octanol–water partition coefficient (Wildman–Crippen LogP) is 2.73. The Kier molecular flexibility index (Phi) is 5.74. The normalized spacial score (nSPS) is 10.3. The van der Waals surface area contributed by atoms with Crippen LogP contribution in [0, 0.1) is 0 Å². The second kappa shape index (κ2) is 7.98. The van der Waals surface area contributed by atoms with Gasteiger partial charge >= 0.3 is 11.9 Å². The summed E-state index contributed by atoms with van der Waals surface area (Å²) >= 11 is 0.